The molecule has 2 aromatic carbocycles. The number of halogens is 1. The van der Waals surface area contributed by atoms with Gasteiger partial charge in [0.05, 0.1) is 5.69 Å². The Morgan fingerprint density at radius 3 is 2.60 bits per heavy atom. The first-order chi connectivity index (χ1) is 12.1. The predicted octanol–water partition coefficient (Wildman–Crippen LogP) is 3.54. The minimum Gasteiger partial charge on any atom is -0.335 e. The van der Waals surface area contributed by atoms with Gasteiger partial charge in [-0.05, 0) is 28.1 Å². The molecule has 0 fully saturated rings. The van der Waals surface area contributed by atoms with Crippen molar-refractivity contribution < 1.29 is 4.79 Å². The molecule has 1 amide bonds. The molecule has 0 unspecified atom stereocenters. The van der Waals surface area contributed by atoms with Gasteiger partial charge in [0.15, 0.2) is 5.82 Å². The van der Waals surface area contributed by atoms with E-state index in [2.05, 4.69) is 31.4 Å². The molecule has 0 saturated carbocycles. The molecule has 1 heterocycles. The van der Waals surface area contributed by atoms with Crippen LogP contribution in [0, 0.1) is 0 Å². The average molecular weight is 418 g/mol. The number of benzene rings is 2. The number of hydrogen-bond donors (Lipinski definition) is 2. The van der Waals surface area contributed by atoms with Crippen molar-refractivity contribution in [1.29, 1.82) is 0 Å². The van der Waals surface area contributed by atoms with Crippen LogP contribution in [0.1, 0.15) is 6.42 Å². The van der Waals surface area contributed by atoms with E-state index in [0.717, 1.165) is 15.7 Å². The SMILES string of the molecule is Nn1c(SCCC(=O)Nc2ccccc2Br)nnc1-c1ccccc1. The van der Waals surface area contributed by atoms with Crippen LogP contribution in [-0.4, -0.2) is 26.5 Å². The standard InChI is InChI=1S/C17H16BrN5OS/c18-13-8-4-5-9-14(13)20-15(24)10-11-25-17-22-21-16(23(17)19)12-6-2-1-3-7-12/h1-9H,10-11,19H2,(H,20,24). The second kappa shape index (κ2) is 8.17. The van der Waals surface area contributed by atoms with Crippen LogP contribution in [0.25, 0.3) is 11.4 Å². The normalized spacial score (nSPS) is 10.6. The highest BCUT2D eigenvalue weighted by atomic mass is 79.9. The van der Waals surface area contributed by atoms with E-state index in [4.69, 9.17) is 5.84 Å². The van der Waals surface area contributed by atoms with Crippen molar-refractivity contribution in [3.8, 4) is 11.4 Å². The highest BCUT2D eigenvalue weighted by molar-refractivity contribution is 9.10. The van der Waals surface area contributed by atoms with Crippen LogP contribution in [0.15, 0.2) is 64.2 Å². The topological polar surface area (TPSA) is 85.8 Å². The predicted molar refractivity (Wildman–Crippen MR) is 104 cm³/mol. The highest BCUT2D eigenvalue weighted by Gasteiger charge is 2.12. The third kappa shape index (κ3) is 4.40. The molecule has 6 nitrogen and oxygen atoms in total. The molecular formula is C17H16BrN5OS. The van der Waals surface area contributed by atoms with Gasteiger partial charge in [-0.1, -0.05) is 54.2 Å². The van der Waals surface area contributed by atoms with Gasteiger partial charge in [0.1, 0.15) is 0 Å². The number of hydrogen-bond acceptors (Lipinski definition) is 5. The van der Waals surface area contributed by atoms with E-state index in [1.807, 2.05) is 54.6 Å². The molecule has 0 saturated heterocycles. The van der Waals surface area contributed by atoms with Gasteiger partial charge in [-0.3, -0.25) is 4.79 Å². The number of nitrogens with two attached hydrogens (primary N) is 1. The van der Waals surface area contributed by atoms with E-state index >= 15 is 0 Å². The summed E-state index contributed by atoms with van der Waals surface area (Å²) in [7, 11) is 0. The summed E-state index contributed by atoms with van der Waals surface area (Å²) in [6.45, 7) is 0. The molecule has 3 aromatic rings. The van der Waals surface area contributed by atoms with Crippen LogP contribution < -0.4 is 11.2 Å². The van der Waals surface area contributed by atoms with Crippen LogP contribution in [-0.2, 0) is 4.79 Å². The van der Waals surface area contributed by atoms with Crippen molar-refractivity contribution in [2.45, 2.75) is 11.6 Å². The van der Waals surface area contributed by atoms with Crippen LogP contribution in [0.4, 0.5) is 5.69 Å². The molecule has 0 aliphatic rings. The maximum Gasteiger partial charge on any atom is 0.225 e. The van der Waals surface area contributed by atoms with Crippen LogP contribution in [0.2, 0.25) is 0 Å². The van der Waals surface area contributed by atoms with Gasteiger partial charge in [-0.2, -0.15) is 0 Å². The Hall–Kier alpha value is -2.32. The van der Waals surface area contributed by atoms with Crippen molar-refractivity contribution in [3.05, 3.63) is 59.1 Å². The van der Waals surface area contributed by atoms with Crippen molar-refractivity contribution >= 4 is 39.3 Å². The van der Waals surface area contributed by atoms with Crippen molar-refractivity contribution in [2.24, 2.45) is 0 Å². The summed E-state index contributed by atoms with van der Waals surface area (Å²) in [5.41, 5.74) is 1.65. The van der Waals surface area contributed by atoms with Crippen molar-refractivity contribution in [2.75, 3.05) is 16.9 Å². The maximum atomic E-state index is 12.0. The quantitative estimate of drug-likeness (QED) is 0.473. The van der Waals surface area contributed by atoms with Gasteiger partial charge in [0.2, 0.25) is 11.1 Å². The molecule has 0 bridgehead atoms. The monoisotopic (exact) mass is 417 g/mol. The number of aromatic nitrogens is 3. The molecule has 128 valence electrons. The first-order valence-corrected chi connectivity index (χ1v) is 9.36. The van der Waals surface area contributed by atoms with Gasteiger partial charge in [0.25, 0.3) is 0 Å². The lowest BCUT2D eigenvalue weighted by Gasteiger charge is -2.07. The van der Waals surface area contributed by atoms with Crippen LogP contribution >= 0.6 is 27.7 Å². The number of nitrogens with zero attached hydrogens (tertiary/aromatic N) is 3. The number of anilines is 1. The summed E-state index contributed by atoms with van der Waals surface area (Å²) in [6.07, 6.45) is 0.347. The third-order valence-electron chi connectivity index (χ3n) is 3.40. The molecule has 0 aliphatic heterocycles. The lowest BCUT2D eigenvalue weighted by Crippen LogP contribution is -2.14. The molecule has 8 heteroatoms. The number of nitrogen functional groups attached to an aromatic ring is 1. The van der Waals surface area contributed by atoms with Crippen LogP contribution in [0.5, 0.6) is 0 Å². The highest BCUT2D eigenvalue weighted by Crippen LogP contribution is 2.23. The van der Waals surface area contributed by atoms with E-state index in [1.54, 1.807) is 0 Å². The Kier molecular flexibility index (Phi) is 5.72. The molecular weight excluding hydrogens is 402 g/mol. The minimum atomic E-state index is -0.0641. The number of nitrogens with one attached hydrogen (secondary N) is 1. The minimum absolute atomic E-state index is 0.0641. The summed E-state index contributed by atoms with van der Waals surface area (Å²) in [6, 6.07) is 17.1. The third-order valence-corrected chi connectivity index (χ3v) is 5.04. The number of thioether (sulfide) groups is 1. The maximum absolute atomic E-state index is 12.0. The number of rotatable bonds is 6. The molecule has 0 radical (unpaired) electrons. The molecule has 0 aliphatic carbocycles. The number of para-hydroxylation sites is 1. The number of carbonyl (C=O) groups excluding carboxylic acids is 1. The van der Waals surface area contributed by atoms with E-state index in [-0.39, 0.29) is 5.91 Å². The molecule has 1 aromatic heterocycles. The number of carbonyl (C=O) groups is 1. The first kappa shape index (κ1) is 17.5. The smallest absolute Gasteiger partial charge is 0.225 e. The number of amides is 1. The van der Waals surface area contributed by atoms with E-state index in [1.165, 1.54) is 16.4 Å². The average Bonchev–Trinajstić information content (AvgIpc) is 2.99. The summed E-state index contributed by atoms with van der Waals surface area (Å²) in [4.78, 5) is 12.0. The van der Waals surface area contributed by atoms with Gasteiger partial charge < -0.3 is 11.2 Å². The van der Waals surface area contributed by atoms with Crippen molar-refractivity contribution in [3.63, 3.8) is 0 Å². The molecule has 0 atom stereocenters. The largest absolute Gasteiger partial charge is 0.335 e. The van der Waals surface area contributed by atoms with E-state index in [9.17, 15) is 4.79 Å². The summed E-state index contributed by atoms with van der Waals surface area (Å²) >= 11 is 4.80. The summed E-state index contributed by atoms with van der Waals surface area (Å²) < 4.78 is 2.30. The van der Waals surface area contributed by atoms with Gasteiger partial charge in [0, 0.05) is 22.2 Å². The lowest BCUT2D eigenvalue weighted by atomic mass is 10.2. The fourth-order valence-electron chi connectivity index (χ4n) is 2.17. The summed E-state index contributed by atoms with van der Waals surface area (Å²) in [5, 5.41) is 11.7. The molecule has 25 heavy (non-hydrogen) atoms. The first-order valence-electron chi connectivity index (χ1n) is 7.58. The zero-order valence-electron chi connectivity index (χ0n) is 13.2. The van der Waals surface area contributed by atoms with Gasteiger partial charge in [-0.25, -0.2) is 4.68 Å². The zero-order chi connectivity index (χ0) is 17.6. The molecule has 3 rings (SSSR count). The Morgan fingerprint density at radius 1 is 1.12 bits per heavy atom. The lowest BCUT2D eigenvalue weighted by molar-refractivity contribution is -0.115. The Bertz CT molecular complexity index is 868. The Morgan fingerprint density at radius 2 is 1.84 bits per heavy atom. The summed E-state index contributed by atoms with van der Waals surface area (Å²) in [5.74, 6) is 7.15. The van der Waals surface area contributed by atoms with Crippen molar-refractivity contribution in [1.82, 2.24) is 14.9 Å². The fraction of sp³-hybridized carbons (Fsp3) is 0.118. The van der Waals surface area contributed by atoms with Crippen LogP contribution in [0.3, 0.4) is 0 Å². The second-order valence-corrected chi connectivity index (χ2v) is 7.09. The fourth-order valence-corrected chi connectivity index (χ4v) is 3.35. The van der Waals surface area contributed by atoms with Gasteiger partial charge in [-0.15, -0.1) is 10.2 Å². The Labute approximate surface area is 157 Å². The van der Waals surface area contributed by atoms with E-state index < -0.39 is 0 Å². The van der Waals surface area contributed by atoms with E-state index in [0.29, 0.717) is 23.2 Å². The van der Waals surface area contributed by atoms with Gasteiger partial charge >= 0.3 is 0 Å². The Balaban J connectivity index is 1.55. The molecule has 3 N–H and O–H groups in total. The zero-order valence-corrected chi connectivity index (χ0v) is 15.6. The molecule has 0 spiro atoms. The second-order valence-electron chi connectivity index (χ2n) is 5.17.